The first kappa shape index (κ1) is 26.0. The Bertz CT molecular complexity index is 900. The number of alkyl halides is 3. The summed E-state index contributed by atoms with van der Waals surface area (Å²) >= 11 is 0. The van der Waals surface area contributed by atoms with E-state index < -0.39 is 30.4 Å². The summed E-state index contributed by atoms with van der Waals surface area (Å²) < 4.78 is 51.4. The maximum absolute atomic E-state index is 12.3. The van der Waals surface area contributed by atoms with Gasteiger partial charge in [0.2, 0.25) is 0 Å². The van der Waals surface area contributed by atoms with E-state index in [9.17, 15) is 22.8 Å². The van der Waals surface area contributed by atoms with E-state index in [1.165, 1.54) is 24.3 Å². The van der Waals surface area contributed by atoms with Gasteiger partial charge in [-0.05, 0) is 48.7 Å². The average Bonchev–Trinajstić information content (AvgIpc) is 2.76. The van der Waals surface area contributed by atoms with Gasteiger partial charge in [-0.15, -0.1) is 13.2 Å². The Labute approximate surface area is 189 Å². The molecule has 10 heteroatoms. The Kier molecular flexibility index (Phi) is 9.53. The van der Waals surface area contributed by atoms with Gasteiger partial charge in [0, 0.05) is 13.0 Å². The summed E-state index contributed by atoms with van der Waals surface area (Å²) in [6.07, 6.45) is -4.98. The zero-order chi connectivity index (χ0) is 24.4. The summed E-state index contributed by atoms with van der Waals surface area (Å²) in [5, 5.41) is 11.9. The molecule has 2 aromatic carbocycles. The number of benzene rings is 2. The quantitative estimate of drug-likeness (QED) is 0.482. The van der Waals surface area contributed by atoms with Crippen LogP contribution < -0.4 is 14.8 Å². The second kappa shape index (κ2) is 12.1. The molecule has 0 aliphatic heterocycles. The number of hydrogen-bond donors (Lipinski definition) is 2. The molecule has 0 aromatic heterocycles. The number of nitrogens with one attached hydrogen (secondary N) is 1. The van der Waals surface area contributed by atoms with Gasteiger partial charge in [0.15, 0.2) is 12.7 Å². The molecule has 1 unspecified atom stereocenters. The predicted molar refractivity (Wildman–Crippen MR) is 113 cm³/mol. The second-order valence-electron chi connectivity index (χ2n) is 7.06. The lowest BCUT2D eigenvalue weighted by Gasteiger charge is -2.18. The first-order valence-corrected chi connectivity index (χ1v) is 10.3. The van der Waals surface area contributed by atoms with Crippen molar-refractivity contribution < 1.29 is 42.1 Å². The summed E-state index contributed by atoms with van der Waals surface area (Å²) in [5.41, 5.74) is 1.38. The van der Waals surface area contributed by atoms with Crippen LogP contribution in [-0.2, 0) is 20.7 Å². The number of amides is 1. The van der Waals surface area contributed by atoms with E-state index in [4.69, 9.17) is 14.6 Å². The largest absolute Gasteiger partial charge is 0.573 e. The number of halogens is 3. The lowest BCUT2D eigenvalue weighted by atomic mass is 10.0. The Balaban J connectivity index is 1.87. The number of carboxylic acids is 1. The highest BCUT2D eigenvalue weighted by molar-refractivity contribution is 5.78. The number of carbonyl (C=O) groups is 2. The zero-order valence-electron chi connectivity index (χ0n) is 18.2. The third-order valence-electron chi connectivity index (χ3n) is 4.62. The first-order valence-electron chi connectivity index (χ1n) is 10.3. The molecule has 7 nitrogen and oxygen atoms in total. The molecule has 2 N–H and O–H groups in total. The van der Waals surface area contributed by atoms with E-state index in [1.54, 1.807) is 31.2 Å². The van der Waals surface area contributed by atoms with Crippen LogP contribution in [0.25, 0.3) is 0 Å². The van der Waals surface area contributed by atoms with E-state index in [-0.39, 0.29) is 25.4 Å². The first-order chi connectivity index (χ1) is 15.6. The van der Waals surface area contributed by atoms with Gasteiger partial charge in [0.05, 0.1) is 6.04 Å². The van der Waals surface area contributed by atoms with Gasteiger partial charge in [-0.2, -0.15) is 0 Å². The minimum Gasteiger partial charge on any atom is -0.484 e. The summed E-state index contributed by atoms with van der Waals surface area (Å²) in [6, 6.07) is 11.5. The Morgan fingerprint density at radius 2 is 1.61 bits per heavy atom. The molecule has 1 amide bonds. The van der Waals surface area contributed by atoms with Crippen LogP contribution in [0.15, 0.2) is 48.5 Å². The van der Waals surface area contributed by atoms with Crippen LogP contribution in [0, 0.1) is 0 Å². The third kappa shape index (κ3) is 9.01. The Morgan fingerprint density at radius 3 is 2.12 bits per heavy atom. The smallest absolute Gasteiger partial charge is 0.484 e. The molecular weight excluding hydrogens is 443 g/mol. The number of hydrogen-bond acceptors (Lipinski definition) is 5. The van der Waals surface area contributed by atoms with Crippen LogP contribution in [-0.4, -0.2) is 42.7 Å². The molecule has 2 atom stereocenters. The number of carboxylic acid groups (broad SMARTS) is 1. The molecule has 0 spiro atoms. The van der Waals surface area contributed by atoms with E-state index in [0.717, 1.165) is 5.56 Å². The molecule has 0 bridgehead atoms. The van der Waals surface area contributed by atoms with Crippen molar-refractivity contribution in [3.8, 4) is 11.5 Å². The van der Waals surface area contributed by atoms with Crippen molar-refractivity contribution in [2.45, 2.75) is 45.2 Å². The van der Waals surface area contributed by atoms with Crippen molar-refractivity contribution in [1.82, 2.24) is 5.32 Å². The van der Waals surface area contributed by atoms with Crippen LogP contribution in [0.2, 0.25) is 0 Å². The van der Waals surface area contributed by atoms with E-state index in [1.807, 2.05) is 6.92 Å². The number of carbonyl (C=O) groups excluding carboxylic acids is 1. The molecule has 33 heavy (non-hydrogen) atoms. The fourth-order valence-corrected chi connectivity index (χ4v) is 3.06. The van der Waals surface area contributed by atoms with Crippen molar-refractivity contribution in [1.29, 1.82) is 0 Å². The second-order valence-corrected chi connectivity index (χ2v) is 7.06. The molecule has 0 saturated carbocycles. The summed E-state index contributed by atoms with van der Waals surface area (Å²) in [5.74, 6) is -1.35. The van der Waals surface area contributed by atoms with Gasteiger partial charge in [-0.25, -0.2) is 4.79 Å². The number of rotatable bonds is 12. The molecule has 2 rings (SSSR count). The molecule has 0 radical (unpaired) electrons. The highest BCUT2D eigenvalue weighted by Gasteiger charge is 2.31. The predicted octanol–water partition coefficient (Wildman–Crippen LogP) is 4.26. The van der Waals surface area contributed by atoms with Crippen molar-refractivity contribution in [2.24, 2.45) is 0 Å². The number of ether oxygens (including phenoxy) is 3. The van der Waals surface area contributed by atoms with Crippen LogP contribution in [0.1, 0.15) is 37.4 Å². The van der Waals surface area contributed by atoms with Crippen molar-refractivity contribution in [3.05, 3.63) is 59.7 Å². The minimum absolute atomic E-state index is 0.203. The van der Waals surface area contributed by atoms with Gasteiger partial charge in [0.1, 0.15) is 11.5 Å². The average molecular weight is 469 g/mol. The van der Waals surface area contributed by atoms with E-state index in [2.05, 4.69) is 10.1 Å². The summed E-state index contributed by atoms with van der Waals surface area (Å²) in [6.45, 7) is 3.58. The van der Waals surface area contributed by atoms with Crippen molar-refractivity contribution in [3.63, 3.8) is 0 Å². The Morgan fingerprint density at radius 1 is 1.00 bits per heavy atom. The normalized spacial score (nSPS) is 13.1. The molecule has 180 valence electrons. The zero-order valence-corrected chi connectivity index (χ0v) is 18.2. The molecule has 0 fully saturated rings. The van der Waals surface area contributed by atoms with Crippen LogP contribution in [0.5, 0.6) is 11.5 Å². The fourth-order valence-electron chi connectivity index (χ4n) is 3.06. The van der Waals surface area contributed by atoms with Gasteiger partial charge >= 0.3 is 12.3 Å². The highest BCUT2D eigenvalue weighted by Crippen LogP contribution is 2.25. The molecular formula is C23H26F3NO6. The topological polar surface area (TPSA) is 94.1 Å². The molecule has 2 aromatic rings. The summed E-state index contributed by atoms with van der Waals surface area (Å²) in [4.78, 5) is 23.5. The maximum Gasteiger partial charge on any atom is 0.573 e. The Hall–Kier alpha value is -3.27. The molecule has 0 aliphatic carbocycles. The van der Waals surface area contributed by atoms with Crippen LogP contribution >= 0.6 is 0 Å². The third-order valence-corrected chi connectivity index (χ3v) is 4.62. The standard InChI is InChI=1S/C23H26F3NO6/c1-3-19(16-7-11-18(12-8-16)33-23(24,25)26)27-21(28)14-32-17-9-5-15(6-10-17)13-20(22(29)30)31-4-2/h5-12,19-20H,3-4,13-14H2,1-2H3,(H,27,28)(H,29,30)/t19?,20-/m0/s1. The maximum atomic E-state index is 12.3. The number of aliphatic carboxylic acids is 1. The van der Waals surface area contributed by atoms with Crippen molar-refractivity contribution >= 4 is 11.9 Å². The van der Waals surface area contributed by atoms with E-state index in [0.29, 0.717) is 17.7 Å². The van der Waals surface area contributed by atoms with Crippen molar-refractivity contribution in [2.75, 3.05) is 13.2 Å². The minimum atomic E-state index is -4.77. The monoisotopic (exact) mass is 469 g/mol. The van der Waals surface area contributed by atoms with Gasteiger partial charge in [-0.3, -0.25) is 4.79 Å². The van der Waals surface area contributed by atoms with E-state index >= 15 is 0 Å². The highest BCUT2D eigenvalue weighted by atomic mass is 19.4. The molecule has 0 aliphatic rings. The molecule has 0 heterocycles. The summed E-state index contributed by atoms with van der Waals surface area (Å²) in [7, 11) is 0. The molecule has 0 saturated heterocycles. The van der Waals surface area contributed by atoms with Gasteiger partial charge in [0.25, 0.3) is 5.91 Å². The van der Waals surface area contributed by atoms with Gasteiger partial charge in [-0.1, -0.05) is 31.2 Å². The van der Waals surface area contributed by atoms with Crippen LogP contribution in [0.3, 0.4) is 0 Å². The lowest BCUT2D eigenvalue weighted by molar-refractivity contribution is -0.274. The van der Waals surface area contributed by atoms with Gasteiger partial charge < -0.3 is 24.6 Å². The van der Waals surface area contributed by atoms with Crippen LogP contribution in [0.4, 0.5) is 13.2 Å². The SMILES string of the molecule is CCO[C@@H](Cc1ccc(OCC(=O)NC(CC)c2ccc(OC(F)(F)F)cc2)cc1)C(=O)O. The lowest BCUT2D eigenvalue weighted by Crippen LogP contribution is -2.32. The fraction of sp³-hybridized carbons (Fsp3) is 0.391.